The van der Waals surface area contributed by atoms with Crippen LogP contribution >= 0.6 is 0 Å². The summed E-state index contributed by atoms with van der Waals surface area (Å²) in [6, 6.07) is 17.0. The van der Waals surface area contributed by atoms with Gasteiger partial charge in [0.15, 0.2) is 5.76 Å². The van der Waals surface area contributed by atoms with Gasteiger partial charge in [0.1, 0.15) is 17.2 Å². The summed E-state index contributed by atoms with van der Waals surface area (Å²) in [5, 5.41) is 10.1. The molecule has 2 aromatic carbocycles. The van der Waals surface area contributed by atoms with Crippen LogP contribution in [-0.4, -0.2) is 36.2 Å². The number of hydrogen-bond donors (Lipinski definition) is 2. The molecule has 0 radical (unpaired) electrons. The molecule has 10 heteroatoms. The van der Waals surface area contributed by atoms with Crippen LogP contribution in [0.3, 0.4) is 0 Å². The third kappa shape index (κ3) is 4.59. The van der Waals surface area contributed by atoms with Gasteiger partial charge in [-0.15, -0.1) is 0 Å². The minimum absolute atomic E-state index is 0.208. The number of aryl methyl sites for hydroxylation is 1. The Morgan fingerprint density at radius 3 is 2.16 bits per heavy atom. The second-order valence-corrected chi connectivity index (χ2v) is 8.01. The summed E-state index contributed by atoms with van der Waals surface area (Å²) in [4.78, 5) is 30.6. The first-order chi connectivity index (χ1) is 18.0. The number of ether oxygens (including phenoxy) is 2. The number of hydrogen-bond acceptors (Lipinski definition) is 8. The Morgan fingerprint density at radius 2 is 1.54 bits per heavy atom. The number of anilines is 2. The van der Waals surface area contributed by atoms with Crippen LogP contribution in [0.15, 0.2) is 75.9 Å². The van der Waals surface area contributed by atoms with E-state index in [1.54, 1.807) is 61.5 Å². The molecule has 2 N–H and O–H groups in total. The molecular formula is C27H22N4O6. The molecular weight excluding hydrogens is 476 g/mol. The van der Waals surface area contributed by atoms with Crippen molar-refractivity contribution in [3.8, 4) is 23.0 Å². The molecule has 5 aromatic rings. The topological polar surface area (TPSA) is 129 Å². The first-order valence-corrected chi connectivity index (χ1v) is 11.2. The molecule has 0 aliphatic rings. The van der Waals surface area contributed by atoms with Crippen LogP contribution in [-0.2, 0) is 0 Å². The van der Waals surface area contributed by atoms with Crippen LogP contribution in [0.1, 0.15) is 26.4 Å². The average molecular weight is 498 g/mol. The molecule has 0 aliphatic heterocycles. The number of aromatic nitrogens is 2. The number of amides is 2. The van der Waals surface area contributed by atoms with E-state index in [-0.39, 0.29) is 17.2 Å². The molecule has 2 amide bonds. The van der Waals surface area contributed by atoms with Crippen molar-refractivity contribution in [1.82, 2.24) is 10.1 Å². The lowest BCUT2D eigenvalue weighted by atomic mass is 10.1. The summed E-state index contributed by atoms with van der Waals surface area (Å²) in [5.41, 5.74) is 2.63. The number of nitrogens with zero attached hydrogens (tertiary/aromatic N) is 2. The van der Waals surface area contributed by atoms with Gasteiger partial charge in [-0.05, 0) is 37.3 Å². The van der Waals surface area contributed by atoms with E-state index in [4.69, 9.17) is 18.4 Å². The maximum Gasteiger partial charge on any atom is 0.259 e. The highest BCUT2D eigenvalue weighted by molar-refractivity contribution is 6.13. The van der Waals surface area contributed by atoms with Crippen molar-refractivity contribution >= 4 is 34.3 Å². The number of furan rings is 1. The number of methoxy groups -OCH3 is 2. The Morgan fingerprint density at radius 1 is 0.865 bits per heavy atom. The molecule has 3 aromatic heterocycles. The monoisotopic (exact) mass is 498 g/mol. The Bertz CT molecular complexity index is 1590. The molecule has 0 atom stereocenters. The lowest BCUT2D eigenvalue weighted by molar-refractivity contribution is 0.101. The molecule has 0 saturated carbocycles. The van der Waals surface area contributed by atoms with Gasteiger partial charge in [0, 0.05) is 17.7 Å². The van der Waals surface area contributed by atoms with E-state index in [1.807, 2.05) is 6.07 Å². The molecule has 37 heavy (non-hydrogen) atoms. The van der Waals surface area contributed by atoms with Crippen molar-refractivity contribution in [2.45, 2.75) is 6.92 Å². The van der Waals surface area contributed by atoms with E-state index in [9.17, 15) is 9.59 Å². The predicted molar refractivity (Wildman–Crippen MR) is 136 cm³/mol. The molecule has 186 valence electrons. The van der Waals surface area contributed by atoms with Crippen LogP contribution in [0.2, 0.25) is 0 Å². The molecule has 5 rings (SSSR count). The molecule has 10 nitrogen and oxygen atoms in total. The highest BCUT2D eigenvalue weighted by Gasteiger charge is 2.22. The van der Waals surface area contributed by atoms with Crippen molar-refractivity contribution in [2.24, 2.45) is 0 Å². The van der Waals surface area contributed by atoms with Crippen molar-refractivity contribution in [3.63, 3.8) is 0 Å². The minimum atomic E-state index is -0.451. The molecule has 0 spiro atoms. The summed E-state index contributed by atoms with van der Waals surface area (Å²) in [6.45, 7) is 1.73. The minimum Gasteiger partial charge on any atom is -0.494 e. The van der Waals surface area contributed by atoms with Crippen LogP contribution < -0.4 is 20.1 Å². The molecule has 0 saturated heterocycles. The van der Waals surface area contributed by atoms with Gasteiger partial charge in [-0.2, -0.15) is 0 Å². The van der Waals surface area contributed by atoms with Gasteiger partial charge in [0.25, 0.3) is 17.5 Å². The van der Waals surface area contributed by atoms with Crippen LogP contribution in [0.25, 0.3) is 22.6 Å². The lowest BCUT2D eigenvalue weighted by Gasteiger charge is -2.16. The van der Waals surface area contributed by atoms with Gasteiger partial charge < -0.3 is 29.0 Å². The summed E-state index contributed by atoms with van der Waals surface area (Å²) >= 11 is 0. The Kier molecular flexibility index (Phi) is 6.29. The van der Waals surface area contributed by atoms with Crippen LogP contribution in [0, 0.1) is 6.92 Å². The van der Waals surface area contributed by atoms with Gasteiger partial charge in [-0.3, -0.25) is 9.59 Å². The zero-order chi connectivity index (χ0) is 25.9. The standard InChI is InChI=1S/C27H22N4O6/c1-15-24-17(12-18(21-10-7-11-36-21)30-27(24)37-31-15)26(33)29-20-14-22(34-2)19(13-23(20)35-3)28-25(32)16-8-5-4-6-9-16/h4-14H,1-3H3,(H,28,32)(H,29,33). The molecule has 0 aliphatic carbocycles. The third-order valence-corrected chi connectivity index (χ3v) is 5.69. The average Bonchev–Trinajstić information content (AvgIpc) is 3.59. The van der Waals surface area contributed by atoms with Gasteiger partial charge in [-0.1, -0.05) is 23.4 Å². The molecule has 0 fully saturated rings. The number of carbonyl (C=O) groups is 2. The fraction of sp³-hybridized carbons (Fsp3) is 0.111. The zero-order valence-electron chi connectivity index (χ0n) is 20.2. The van der Waals surface area contributed by atoms with E-state index < -0.39 is 5.91 Å². The normalized spacial score (nSPS) is 10.8. The highest BCUT2D eigenvalue weighted by atomic mass is 16.5. The second-order valence-electron chi connectivity index (χ2n) is 8.01. The van der Waals surface area contributed by atoms with E-state index in [0.717, 1.165) is 0 Å². The van der Waals surface area contributed by atoms with E-state index in [2.05, 4.69) is 20.8 Å². The summed E-state index contributed by atoms with van der Waals surface area (Å²) in [7, 11) is 2.93. The first-order valence-electron chi connectivity index (χ1n) is 11.2. The summed E-state index contributed by atoms with van der Waals surface area (Å²) in [6.07, 6.45) is 1.52. The fourth-order valence-corrected chi connectivity index (χ4v) is 3.89. The van der Waals surface area contributed by atoms with Gasteiger partial charge >= 0.3 is 0 Å². The summed E-state index contributed by atoms with van der Waals surface area (Å²) in [5.74, 6) is 0.356. The maximum absolute atomic E-state index is 13.5. The Labute approximate surface area is 211 Å². The number of pyridine rings is 1. The molecule has 3 heterocycles. The van der Waals surface area contributed by atoms with Crippen molar-refractivity contribution in [2.75, 3.05) is 24.9 Å². The molecule has 0 bridgehead atoms. The number of nitrogens with one attached hydrogen (secondary N) is 2. The van der Waals surface area contributed by atoms with E-state index in [0.29, 0.717) is 51.0 Å². The largest absolute Gasteiger partial charge is 0.494 e. The fourth-order valence-electron chi connectivity index (χ4n) is 3.89. The SMILES string of the molecule is COc1cc(NC(=O)c2cc(-c3ccco3)nc3onc(C)c23)c(OC)cc1NC(=O)c1ccccc1. The van der Waals surface area contributed by atoms with Crippen molar-refractivity contribution < 1.29 is 28.0 Å². The van der Waals surface area contributed by atoms with Crippen molar-refractivity contribution in [1.29, 1.82) is 0 Å². The maximum atomic E-state index is 13.5. The Hall–Kier alpha value is -5.12. The second kappa shape index (κ2) is 9.86. The lowest BCUT2D eigenvalue weighted by Crippen LogP contribution is -2.15. The predicted octanol–water partition coefficient (Wildman–Crippen LogP) is 5.31. The third-order valence-electron chi connectivity index (χ3n) is 5.69. The summed E-state index contributed by atoms with van der Waals surface area (Å²) < 4.78 is 21.8. The number of carbonyl (C=O) groups excluding carboxylic acids is 2. The zero-order valence-corrected chi connectivity index (χ0v) is 20.2. The van der Waals surface area contributed by atoms with E-state index >= 15 is 0 Å². The van der Waals surface area contributed by atoms with Crippen LogP contribution in [0.4, 0.5) is 11.4 Å². The first kappa shape index (κ1) is 23.6. The van der Waals surface area contributed by atoms with E-state index in [1.165, 1.54) is 20.5 Å². The Balaban J connectivity index is 1.50. The number of benzene rings is 2. The smallest absolute Gasteiger partial charge is 0.259 e. The quantitative estimate of drug-likeness (QED) is 0.309. The highest BCUT2D eigenvalue weighted by Crippen LogP contribution is 2.37. The number of rotatable bonds is 7. The van der Waals surface area contributed by atoms with Crippen LogP contribution in [0.5, 0.6) is 11.5 Å². The number of fused-ring (bicyclic) bond motifs is 1. The molecule has 0 unspecified atom stereocenters. The van der Waals surface area contributed by atoms with Gasteiger partial charge in [-0.25, -0.2) is 4.98 Å². The van der Waals surface area contributed by atoms with Gasteiger partial charge in [0.05, 0.1) is 48.5 Å². The van der Waals surface area contributed by atoms with Gasteiger partial charge in [0.2, 0.25) is 0 Å². The van der Waals surface area contributed by atoms with Crippen molar-refractivity contribution in [3.05, 3.63) is 83.7 Å².